The van der Waals surface area contributed by atoms with E-state index < -0.39 is 17.5 Å². The van der Waals surface area contributed by atoms with Crippen molar-refractivity contribution in [3.63, 3.8) is 0 Å². The third kappa shape index (κ3) is 4.62. The Kier molecular flexibility index (Phi) is 6.66. The number of nitrogens with one attached hydrogen (secondary N) is 1. The molecular formula is C20H29N5O3. The average Bonchev–Trinajstić information content (AvgIpc) is 2.85. The number of amides is 4. The molecule has 4 amide bonds. The molecule has 2 rings (SSSR count). The van der Waals surface area contributed by atoms with Crippen molar-refractivity contribution in [1.82, 2.24) is 15.1 Å². The molecule has 2 fully saturated rings. The summed E-state index contributed by atoms with van der Waals surface area (Å²) in [6.45, 7) is 6.57. The predicted octanol–water partition coefficient (Wildman–Crippen LogP) is 2.17. The summed E-state index contributed by atoms with van der Waals surface area (Å²) in [6, 6.07) is 3.40. The summed E-state index contributed by atoms with van der Waals surface area (Å²) >= 11 is 0. The van der Waals surface area contributed by atoms with E-state index in [1.165, 1.54) is 4.90 Å². The summed E-state index contributed by atoms with van der Waals surface area (Å²) in [5.74, 6) is -0.265. The molecule has 0 unspecified atom stereocenters. The minimum atomic E-state index is -0.900. The van der Waals surface area contributed by atoms with Gasteiger partial charge in [0.1, 0.15) is 12.1 Å². The van der Waals surface area contributed by atoms with Crippen LogP contribution in [0.15, 0.2) is 0 Å². The second-order valence-corrected chi connectivity index (χ2v) is 8.74. The van der Waals surface area contributed by atoms with Crippen LogP contribution in [0, 0.1) is 34.0 Å². The molecule has 0 radical (unpaired) electrons. The van der Waals surface area contributed by atoms with Gasteiger partial charge in [-0.1, -0.05) is 20.8 Å². The Hall–Kier alpha value is -2.61. The Morgan fingerprint density at radius 1 is 1.18 bits per heavy atom. The van der Waals surface area contributed by atoms with Crippen LogP contribution >= 0.6 is 0 Å². The molecule has 0 aromatic carbocycles. The number of carbonyl (C=O) groups excluding carboxylic acids is 3. The highest BCUT2D eigenvalue weighted by molar-refractivity contribution is 6.09. The maximum Gasteiger partial charge on any atom is 0.325 e. The molecule has 0 atom stereocenters. The Morgan fingerprint density at radius 3 is 2.18 bits per heavy atom. The molecule has 0 aromatic rings. The first-order valence-corrected chi connectivity index (χ1v) is 9.80. The van der Waals surface area contributed by atoms with Gasteiger partial charge >= 0.3 is 6.03 Å². The predicted molar refractivity (Wildman–Crippen MR) is 101 cm³/mol. The molecule has 1 heterocycles. The van der Waals surface area contributed by atoms with Crippen molar-refractivity contribution in [3.8, 4) is 12.1 Å². The van der Waals surface area contributed by atoms with E-state index in [0.717, 1.165) is 17.7 Å². The average molecular weight is 387 g/mol. The molecule has 28 heavy (non-hydrogen) atoms. The van der Waals surface area contributed by atoms with Crippen LogP contribution < -0.4 is 5.32 Å². The van der Waals surface area contributed by atoms with Crippen molar-refractivity contribution < 1.29 is 14.4 Å². The Morgan fingerprint density at radius 2 is 1.71 bits per heavy atom. The highest BCUT2D eigenvalue weighted by atomic mass is 16.2. The van der Waals surface area contributed by atoms with E-state index in [4.69, 9.17) is 10.5 Å². The highest BCUT2D eigenvalue weighted by Gasteiger charge is 2.53. The normalized spacial score (nSPS) is 24.6. The van der Waals surface area contributed by atoms with Crippen molar-refractivity contribution in [2.45, 2.75) is 64.8 Å². The Bertz CT molecular complexity index is 687. The SMILES string of the molecule is CC(C)(C)C1CCC2(CC1)NC(=O)N(CC(=O)N(CCC#N)CCC#N)C2=O. The van der Waals surface area contributed by atoms with Gasteiger partial charge in [-0.05, 0) is 37.0 Å². The first-order valence-electron chi connectivity index (χ1n) is 9.80. The number of nitriles is 2. The molecule has 8 heteroatoms. The van der Waals surface area contributed by atoms with E-state index in [0.29, 0.717) is 18.8 Å². The lowest BCUT2D eigenvalue weighted by molar-refractivity contribution is -0.139. The minimum absolute atomic E-state index is 0.134. The molecular weight excluding hydrogens is 358 g/mol. The topological polar surface area (TPSA) is 117 Å². The maximum atomic E-state index is 13.0. The van der Waals surface area contributed by atoms with Crippen LogP contribution in [-0.4, -0.2) is 52.8 Å². The van der Waals surface area contributed by atoms with Crippen LogP contribution in [0.25, 0.3) is 0 Å². The zero-order valence-corrected chi connectivity index (χ0v) is 17.0. The van der Waals surface area contributed by atoms with Gasteiger partial charge in [-0.2, -0.15) is 10.5 Å². The molecule has 1 aliphatic heterocycles. The Labute approximate surface area is 166 Å². The number of rotatable bonds is 6. The van der Waals surface area contributed by atoms with Gasteiger partial charge in [-0.3, -0.25) is 14.5 Å². The largest absolute Gasteiger partial charge is 0.339 e. The molecule has 8 nitrogen and oxygen atoms in total. The fourth-order valence-corrected chi connectivity index (χ4v) is 4.10. The summed E-state index contributed by atoms with van der Waals surface area (Å²) in [5.41, 5.74) is -0.742. The molecule has 1 saturated carbocycles. The minimum Gasteiger partial charge on any atom is -0.339 e. The van der Waals surface area contributed by atoms with E-state index >= 15 is 0 Å². The molecule has 1 saturated heterocycles. The Balaban J connectivity index is 2.04. The van der Waals surface area contributed by atoms with Gasteiger partial charge in [0, 0.05) is 13.1 Å². The third-order valence-electron chi connectivity index (χ3n) is 5.94. The molecule has 1 aliphatic carbocycles. The summed E-state index contributed by atoms with van der Waals surface area (Å²) in [7, 11) is 0. The van der Waals surface area contributed by atoms with Gasteiger partial charge in [-0.15, -0.1) is 0 Å². The van der Waals surface area contributed by atoms with Crippen molar-refractivity contribution in [1.29, 1.82) is 10.5 Å². The van der Waals surface area contributed by atoms with Gasteiger partial charge in [0.15, 0.2) is 0 Å². The van der Waals surface area contributed by atoms with Crippen LogP contribution in [0.2, 0.25) is 0 Å². The van der Waals surface area contributed by atoms with E-state index in [1.807, 2.05) is 12.1 Å². The van der Waals surface area contributed by atoms with E-state index in [1.54, 1.807) is 0 Å². The van der Waals surface area contributed by atoms with E-state index in [9.17, 15) is 14.4 Å². The number of carbonyl (C=O) groups is 3. The van der Waals surface area contributed by atoms with Crippen LogP contribution in [0.5, 0.6) is 0 Å². The summed E-state index contributed by atoms with van der Waals surface area (Å²) in [6.07, 6.45) is 3.14. The number of imide groups is 1. The van der Waals surface area contributed by atoms with Crippen LogP contribution in [0.1, 0.15) is 59.3 Å². The quantitative estimate of drug-likeness (QED) is 0.701. The first kappa shape index (κ1) is 21.7. The second-order valence-electron chi connectivity index (χ2n) is 8.74. The van der Waals surface area contributed by atoms with Crippen molar-refractivity contribution in [3.05, 3.63) is 0 Å². The van der Waals surface area contributed by atoms with Crippen molar-refractivity contribution in [2.24, 2.45) is 11.3 Å². The van der Waals surface area contributed by atoms with Crippen molar-refractivity contribution >= 4 is 17.8 Å². The van der Waals surface area contributed by atoms with E-state index in [-0.39, 0.29) is 43.8 Å². The molecule has 0 aromatic heterocycles. The smallest absolute Gasteiger partial charge is 0.325 e. The first-order chi connectivity index (χ1) is 13.1. The molecule has 0 bridgehead atoms. The maximum absolute atomic E-state index is 13.0. The fourth-order valence-electron chi connectivity index (χ4n) is 4.10. The number of hydrogen-bond acceptors (Lipinski definition) is 5. The fraction of sp³-hybridized carbons (Fsp3) is 0.750. The number of hydrogen-bond donors (Lipinski definition) is 1. The van der Waals surface area contributed by atoms with Crippen LogP contribution in [0.4, 0.5) is 4.79 Å². The van der Waals surface area contributed by atoms with Gasteiger partial charge in [0.25, 0.3) is 5.91 Å². The highest BCUT2D eigenvalue weighted by Crippen LogP contribution is 2.43. The molecule has 1 N–H and O–H groups in total. The molecule has 2 aliphatic rings. The lowest BCUT2D eigenvalue weighted by atomic mass is 9.67. The standard InChI is InChI=1S/C20H29N5O3/c1-19(2,3)15-6-8-20(9-7-15)17(27)25(18(28)23-20)14-16(26)24(12-4-10-21)13-5-11-22/h15H,4-9,12-14H2,1-3H3,(H,23,28). The van der Waals surface area contributed by atoms with Gasteiger partial charge in [0.05, 0.1) is 25.0 Å². The third-order valence-corrected chi connectivity index (χ3v) is 5.94. The zero-order chi connectivity index (χ0) is 20.9. The van der Waals surface area contributed by atoms with Crippen molar-refractivity contribution in [2.75, 3.05) is 19.6 Å². The summed E-state index contributed by atoms with van der Waals surface area (Å²) in [5, 5.41) is 20.3. The summed E-state index contributed by atoms with van der Waals surface area (Å²) in [4.78, 5) is 40.4. The zero-order valence-electron chi connectivity index (χ0n) is 17.0. The van der Waals surface area contributed by atoms with Gasteiger partial charge < -0.3 is 10.2 Å². The van der Waals surface area contributed by atoms with Crippen LogP contribution in [-0.2, 0) is 9.59 Å². The summed E-state index contributed by atoms with van der Waals surface area (Å²) < 4.78 is 0. The molecule has 152 valence electrons. The van der Waals surface area contributed by atoms with E-state index in [2.05, 4.69) is 26.1 Å². The lowest BCUT2D eigenvalue weighted by Gasteiger charge is -2.40. The number of nitrogens with zero attached hydrogens (tertiary/aromatic N) is 4. The van der Waals surface area contributed by atoms with Gasteiger partial charge in [0.2, 0.25) is 5.91 Å². The lowest BCUT2D eigenvalue weighted by Crippen LogP contribution is -2.51. The van der Waals surface area contributed by atoms with Crippen LogP contribution in [0.3, 0.4) is 0 Å². The van der Waals surface area contributed by atoms with Gasteiger partial charge in [-0.25, -0.2) is 4.79 Å². The monoisotopic (exact) mass is 387 g/mol. The second kappa shape index (κ2) is 8.60. The molecule has 1 spiro atoms. The number of urea groups is 1.